The summed E-state index contributed by atoms with van der Waals surface area (Å²) in [4.78, 5) is 3.97. The highest BCUT2D eigenvalue weighted by Crippen LogP contribution is 2.19. The van der Waals surface area contributed by atoms with Crippen LogP contribution in [0.15, 0.2) is 17.5 Å². The van der Waals surface area contributed by atoms with Crippen molar-refractivity contribution in [3.63, 3.8) is 0 Å². The number of thiophene rings is 1. The third-order valence-corrected chi connectivity index (χ3v) is 4.39. The first-order chi connectivity index (χ1) is 8.80. The lowest BCUT2D eigenvalue weighted by Gasteiger charge is -2.34. The summed E-state index contributed by atoms with van der Waals surface area (Å²) >= 11 is 1.86. The second-order valence-corrected chi connectivity index (χ2v) is 7.78. The van der Waals surface area contributed by atoms with Crippen LogP contribution in [0.1, 0.15) is 39.5 Å². The van der Waals surface area contributed by atoms with E-state index < -0.39 is 0 Å². The molecule has 0 fully saturated rings. The molecular formula is C16H30N2S. The van der Waals surface area contributed by atoms with Crippen molar-refractivity contribution < 1.29 is 0 Å². The standard InChI is InChI=1S/C16H30N2S/c1-13(2)17-11-16(4,5)12-18(6)14(3)10-15-8-7-9-19-15/h7-9,13-14,17H,10-12H2,1-6H3. The van der Waals surface area contributed by atoms with Gasteiger partial charge in [0.05, 0.1) is 0 Å². The maximum absolute atomic E-state index is 3.55. The molecule has 0 aliphatic carbocycles. The van der Waals surface area contributed by atoms with Crippen molar-refractivity contribution in [1.82, 2.24) is 10.2 Å². The molecule has 1 atom stereocenters. The van der Waals surface area contributed by atoms with Crippen LogP contribution in [0.25, 0.3) is 0 Å². The first-order valence-corrected chi connectivity index (χ1v) is 8.14. The molecule has 0 spiro atoms. The van der Waals surface area contributed by atoms with Gasteiger partial charge in [0.2, 0.25) is 0 Å². The Morgan fingerprint density at radius 1 is 1.32 bits per heavy atom. The summed E-state index contributed by atoms with van der Waals surface area (Å²) < 4.78 is 0. The minimum atomic E-state index is 0.308. The first-order valence-electron chi connectivity index (χ1n) is 7.26. The van der Waals surface area contributed by atoms with Gasteiger partial charge in [0.25, 0.3) is 0 Å². The van der Waals surface area contributed by atoms with Crippen molar-refractivity contribution >= 4 is 11.3 Å². The predicted molar refractivity (Wildman–Crippen MR) is 87.0 cm³/mol. The molecule has 1 aromatic rings. The van der Waals surface area contributed by atoms with Crippen LogP contribution in [0.2, 0.25) is 0 Å². The van der Waals surface area contributed by atoms with Crippen LogP contribution in [0, 0.1) is 5.41 Å². The van der Waals surface area contributed by atoms with Crippen molar-refractivity contribution in [3.8, 4) is 0 Å². The highest BCUT2D eigenvalue weighted by atomic mass is 32.1. The van der Waals surface area contributed by atoms with Gasteiger partial charge in [0, 0.05) is 30.1 Å². The molecule has 0 radical (unpaired) electrons. The molecule has 0 aromatic carbocycles. The molecule has 0 bridgehead atoms. The van der Waals surface area contributed by atoms with Crippen LogP contribution < -0.4 is 5.32 Å². The van der Waals surface area contributed by atoms with E-state index in [1.165, 1.54) is 4.88 Å². The maximum atomic E-state index is 3.55. The van der Waals surface area contributed by atoms with E-state index >= 15 is 0 Å². The summed E-state index contributed by atoms with van der Waals surface area (Å²) in [5.74, 6) is 0. The van der Waals surface area contributed by atoms with E-state index in [0.717, 1.165) is 19.5 Å². The smallest absolute Gasteiger partial charge is 0.0112 e. The van der Waals surface area contributed by atoms with E-state index in [-0.39, 0.29) is 0 Å². The molecule has 1 aromatic heterocycles. The molecule has 1 unspecified atom stereocenters. The molecule has 0 amide bonds. The lowest BCUT2D eigenvalue weighted by molar-refractivity contribution is 0.163. The van der Waals surface area contributed by atoms with Crippen LogP contribution in [-0.4, -0.2) is 37.1 Å². The summed E-state index contributed by atoms with van der Waals surface area (Å²) in [6.07, 6.45) is 1.15. The summed E-state index contributed by atoms with van der Waals surface area (Å²) in [5, 5.41) is 5.72. The van der Waals surface area contributed by atoms with Crippen molar-refractivity contribution in [2.24, 2.45) is 5.41 Å². The zero-order valence-electron chi connectivity index (χ0n) is 13.4. The molecule has 1 rings (SSSR count). The average Bonchev–Trinajstić information content (AvgIpc) is 2.78. The van der Waals surface area contributed by atoms with Crippen LogP contribution in [0.5, 0.6) is 0 Å². The van der Waals surface area contributed by atoms with Gasteiger partial charge in [-0.05, 0) is 37.3 Å². The van der Waals surface area contributed by atoms with E-state index in [4.69, 9.17) is 0 Å². The Morgan fingerprint density at radius 2 is 2.00 bits per heavy atom. The van der Waals surface area contributed by atoms with Crippen molar-refractivity contribution in [1.29, 1.82) is 0 Å². The molecule has 0 saturated carbocycles. The SMILES string of the molecule is CC(C)NCC(C)(C)CN(C)C(C)Cc1cccs1. The van der Waals surface area contributed by atoms with Gasteiger partial charge < -0.3 is 10.2 Å². The zero-order valence-corrected chi connectivity index (χ0v) is 14.2. The molecule has 0 saturated heterocycles. The molecule has 1 heterocycles. The number of likely N-dealkylation sites (N-methyl/N-ethyl adjacent to an activating group) is 1. The van der Waals surface area contributed by atoms with Gasteiger partial charge in [0.1, 0.15) is 0 Å². The minimum Gasteiger partial charge on any atom is -0.314 e. The van der Waals surface area contributed by atoms with Crippen molar-refractivity contribution in [3.05, 3.63) is 22.4 Å². The fourth-order valence-electron chi connectivity index (χ4n) is 2.24. The normalized spacial score (nSPS) is 14.3. The Morgan fingerprint density at radius 3 is 2.53 bits per heavy atom. The largest absolute Gasteiger partial charge is 0.314 e. The zero-order chi connectivity index (χ0) is 14.5. The molecule has 110 valence electrons. The Kier molecular flexibility index (Phi) is 6.51. The van der Waals surface area contributed by atoms with E-state index in [2.05, 4.69) is 69.4 Å². The van der Waals surface area contributed by atoms with Crippen LogP contribution >= 0.6 is 11.3 Å². The molecular weight excluding hydrogens is 252 g/mol. The third-order valence-electron chi connectivity index (χ3n) is 3.50. The lowest BCUT2D eigenvalue weighted by atomic mass is 9.91. The van der Waals surface area contributed by atoms with Crippen LogP contribution in [0.3, 0.4) is 0 Å². The summed E-state index contributed by atoms with van der Waals surface area (Å²) in [6.45, 7) is 13.6. The quantitative estimate of drug-likeness (QED) is 0.783. The van der Waals surface area contributed by atoms with Gasteiger partial charge in [0.15, 0.2) is 0 Å². The van der Waals surface area contributed by atoms with Gasteiger partial charge in [-0.25, -0.2) is 0 Å². The third kappa shape index (κ3) is 6.55. The fraction of sp³-hybridized carbons (Fsp3) is 0.750. The van der Waals surface area contributed by atoms with E-state index in [9.17, 15) is 0 Å². The molecule has 1 N–H and O–H groups in total. The number of nitrogens with zero attached hydrogens (tertiary/aromatic N) is 1. The van der Waals surface area contributed by atoms with E-state index in [1.807, 2.05) is 11.3 Å². The second-order valence-electron chi connectivity index (χ2n) is 6.75. The minimum absolute atomic E-state index is 0.308. The fourth-order valence-corrected chi connectivity index (χ4v) is 3.07. The maximum Gasteiger partial charge on any atom is 0.0112 e. The van der Waals surface area contributed by atoms with Gasteiger partial charge in [-0.2, -0.15) is 0 Å². The first kappa shape index (κ1) is 16.7. The Bertz CT molecular complexity index is 344. The Balaban J connectivity index is 2.41. The highest BCUT2D eigenvalue weighted by molar-refractivity contribution is 7.09. The molecule has 19 heavy (non-hydrogen) atoms. The van der Waals surface area contributed by atoms with E-state index in [1.54, 1.807) is 0 Å². The Labute approximate surface area is 123 Å². The lowest BCUT2D eigenvalue weighted by Crippen LogP contribution is -2.44. The molecule has 3 heteroatoms. The molecule has 0 aliphatic rings. The van der Waals surface area contributed by atoms with Crippen LogP contribution in [-0.2, 0) is 6.42 Å². The molecule has 2 nitrogen and oxygen atoms in total. The topological polar surface area (TPSA) is 15.3 Å². The number of hydrogen-bond donors (Lipinski definition) is 1. The van der Waals surface area contributed by atoms with Crippen molar-refractivity contribution in [2.75, 3.05) is 20.1 Å². The van der Waals surface area contributed by atoms with Gasteiger partial charge in [-0.3, -0.25) is 0 Å². The molecule has 0 aliphatic heterocycles. The summed E-state index contributed by atoms with van der Waals surface area (Å²) in [7, 11) is 2.25. The number of rotatable bonds is 8. The van der Waals surface area contributed by atoms with Gasteiger partial charge in [-0.1, -0.05) is 33.8 Å². The van der Waals surface area contributed by atoms with Crippen molar-refractivity contribution in [2.45, 2.75) is 53.1 Å². The monoisotopic (exact) mass is 282 g/mol. The Hall–Kier alpha value is -0.380. The van der Waals surface area contributed by atoms with E-state index in [0.29, 0.717) is 17.5 Å². The second kappa shape index (κ2) is 7.41. The highest BCUT2D eigenvalue weighted by Gasteiger charge is 2.22. The van der Waals surface area contributed by atoms with Gasteiger partial charge >= 0.3 is 0 Å². The number of nitrogens with one attached hydrogen (secondary N) is 1. The average molecular weight is 282 g/mol. The summed E-state index contributed by atoms with van der Waals surface area (Å²) in [6, 6.07) is 5.54. The van der Waals surface area contributed by atoms with Crippen LogP contribution in [0.4, 0.5) is 0 Å². The van der Waals surface area contributed by atoms with Gasteiger partial charge in [-0.15, -0.1) is 11.3 Å². The summed E-state index contributed by atoms with van der Waals surface area (Å²) in [5.41, 5.74) is 0.308. The number of hydrogen-bond acceptors (Lipinski definition) is 3. The predicted octanol–water partition coefficient (Wildman–Crippen LogP) is 3.64.